The van der Waals surface area contributed by atoms with Crippen LogP contribution in [0.2, 0.25) is 0 Å². The van der Waals surface area contributed by atoms with E-state index in [9.17, 15) is 4.79 Å². The van der Waals surface area contributed by atoms with Crippen LogP contribution >= 0.6 is 0 Å². The summed E-state index contributed by atoms with van der Waals surface area (Å²) < 4.78 is 30.1. The second kappa shape index (κ2) is 10.1. The van der Waals surface area contributed by atoms with Crippen molar-refractivity contribution in [1.82, 2.24) is 9.80 Å². The molecule has 6 rings (SSSR count). The van der Waals surface area contributed by atoms with Gasteiger partial charge in [-0.25, -0.2) is 4.79 Å². The number of amides is 1. The summed E-state index contributed by atoms with van der Waals surface area (Å²) in [6.45, 7) is 13.8. The summed E-state index contributed by atoms with van der Waals surface area (Å²) in [6, 6.07) is 0. The molecular formula is C29H46N2O6. The molecule has 8 nitrogen and oxygen atoms in total. The van der Waals surface area contributed by atoms with Crippen molar-refractivity contribution >= 4 is 6.09 Å². The summed E-state index contributed by atoms with van der Waals surface area (Å²) in [7, 11) is 1.74. The van der Waals surface area contributed by atoms with E-state index in [1.54, 1.807) is 7.11 Å². The first-order chi connectivity index (χ1) is 17.8. The molecule has 6 fully saturated rings. The lowest BCUT2D eigenvalue weighted by molar-refractivity contribution is -0.121. The predicted molar refractivity (Wildman–Crippen MR) is 138 cm³/mol. The number of hydrogen-bond acceptors (Lipinski definition) is 7. The molecule has 0 radical (unpaired) electrons. The van der Waals surface area contributed by atoms with Gasteiger partial charge in [-0.2, -0.15) is 0 Å². The molecule has 208 valence electrons. The number of morpholine rings is 1. The molecule has 8 heteroatoms. The van der Waals surface area contributed by atoms with E-state index in [-0.39, 0.29) is 41.5 Å². The lowest BCUT2D eigenvalue weighted by atomic mass is 9.68. The minimum Gasteiger partial charge on any atom is -0.443 e. The average Bonchev–Trinajstić information content (AvgIpc) is 3.68. The Kier molecular flexibility index (Phi) is 7.10. The predicted octanol–water partition coefficient (Wildman–Crippen LogP) is 3.49. The number of rotatable bonds is 7. The monoisotopic (exact) mass is 518 g/mol. The van der Waals surface area contributed by atoms with Crippen LogP contribution in [0.15, 0.2) is 11.6 Å². The van der Waals surface area contributed by atoms with Gasteiger partial charge in [-0.3, -0.25) is 4.90 Å². The smallest absolute Gasteiger partial charge is 0.410 e. The number of carbonyl (C=O) groups excluding carboxylic acids is 1. The third-order valence-electron chi connectivity index (χ3n) is 10.2. The summed E-state index contributed by atoms with van der Waals surface area (Å²) in [4.78, 5) is 17.9. The molecule has 2 saturated carbocycles. The van der Waals surface area contributed by atoms with Crippen LogP contribution < -0.4 is 0 Å². The zero-order chi connectivity index (χ0) is 25.8. The second-order valence-electron chi connectivity index (χ2n) is 13.0. The Hall–Kier alpha value is -1.19. The van der Waals surface area contributed by atoms with Gasteiger partial charge in [-0.15, -0.1) is 0 Å². The molecule has 37 heavy (non-hydrogen) atoms. The number of epoxide rings is 2. The van der Waals surface area contributed by atoms with Crippen LogP contribution in [0.4, 0.5) is 4.79 Å². The first-order valence-corrected chi connectivity index (χ1v) is 14.5. The number of carbonyl (C=O) groups is 1. The maximum atomic E-state index is 13.4. The van der Waals surface area contributed by atoms with Gasteiger partial charge in [0.1, 0.15) is 23.4 Å². The Morgan fingerprint density at radius 1 is 1.14 bits per heavy atom. The Balaban J connectivity index is 1.05. The van der Waals surface area contributed by atoms with Crippen LogP contribution in [-0.4, -0.2) is 105 Å². The van der Waals surface area contributed by atoms with E-state index in [4.69, 9.17) is 23.7 Å². The second-order valence-corrected chi connectivity index (χ2v) is 13.0. The van der Waals surface area contributed by atoms with Crippen LogP contribution in [-0.2, 0) is 23.7 Å². The van der Waals surface area contributed by atoms with E-state index in [0.717, 1.165) is 71.2 Å². The van der Waals surface area contributed by atoms with Crippen molar-refractivity contribution in [3.63, 3.8) is 0 Å². The van der Waals surface area contributed by atoms with Crippen molar-refractivity contribution < 1.29 is 28.5 Å². The average molecular weight is 519 g/mol. The molecule has 0 N–H and O–H groups in total. The molecule has 0 bridgehead atoms. The summed E-state index contributed by atoms with van der Waals surface area (Å²) >= 11 is 0. The zero-order valence-corrected chi connectivity index (χ0v) is 23.2. The maximum absolute atomic E-state index is 13.4. The van der Waals surface area contributed by atoms with E-state index in [1.165, 1.54) is 25.0 Å². The standard InChI is InChI=1S/C29H46N2O6/c1-19(2)5-6-24-28(3,37-24)26-25(33-4)23(7-8-29(26)18-35-29)36-27(32)31-16-21-13-20(14-22(21)17-31)15-30-9-11-34-12-10-30/h5,20-26H,6-18H2,1-4H3/t20?,21-,22+,23-,24-,25-,26?,28+,29+/m1/s1. The molecular weight excluding hydrogens is 472 g/mol. The molecule has 2 aliphatic carbocycles. The lowest BCUT2D eigenvalue weighted by Gasteiger charge is -2.43. The molecule has 1 spiro atoms. The van der Waals surface area contributed by atoms with Crippen molar-refractivity contribution in [2.75, 3.05) is 59.7 Å². The molecule has 2 unspecified atom stereocenters. The molecule has 0 aromatic rings. The summed E-state index contributed by atoms with van der Waals surface area (Å²) in [5.74, 6) is 2.02. The first kappa shape index (κ1) is 26.1. The van der Waals surface area contributed by atoms with Crippen LogP contribution in [0.1, 0.15) is 52.9 Å². The minimum absolute atomic E-state index is 0.0611. The van der Waals surface area contributed by atoms with Crippen LogP contribution in [0, 0.1) is 23.7 Å². The van der Waals surface area contributed by atoms with E-state index >= 15 is 0 Å². The Bertz CT molecular complexity index is 868. The third-order valence-corrected chi connectivity index (χ3v) is 10.2. The van der Waals surface area contributed by atoms with Crippen LogP contribution in [0.3, 0.4) is 0 Å². The number of fused-ring (bicyclic) bond motifs is 1. The number of likely N-dealkylation sites (tertiary alicyclic amines) is 1. The molecule has 9 atom stereocenters. The van der Waals surface area contributed by atoms with Crippen LogP contribution in [0.25, 0.3) is 0 Å². The largest absolute Gasteiger partial charge is 0.443 e. The zero-order valence-electron chi connectivity index (χ0n) is 23.2. The highest BCUT2D eigenvalue weighted by atomic mass is 16.6. The Morgan fingerprint density at radius 2 is 1.84 bits per heavy atom. The van der Waals surface area contributed by atoms with E-state index < -0.39 is 0 Å². The van der Waals surface area contributed by atoms with Crippen molar-refractivity contribution in [1.29, 1.82) is 0 Å². The normalized spacial score (nSPS) is 45.1. The highest BCUT2D eigenvalue weighted by molar-refractivity contribution is 5.68. The van der Waals surface area contributed by atoms with Gasteiger partial charge in [0.15, 0.2) is 0 Å². The van der Waals surface area contributed by atoms with Crippen molar-refractivity contribution in [3.8, 4) is 0 Å². The van der Waals surface area contributed by atoms with E-state index in [1.807, 2.05) is 4.90 Å². The van der Waals surface area contributed by atoms with Gasteiger partial charge in [0.25, 0.3) is 0 Å². The molecule has 4 saturated heterocycles. The van der Waals surface area contributed by atoms with Gasteiger partial charge in [-0.05, 0) is 70.6 Å². The molecule has 4 aliphatic heterocycles. The van der Waals surface area contributed by atoms with Crippen molar-refractivity contribution in [3.05, 3.63) is 11.6 Å². The van der Waals surface area contributed by atoms with Gasteiger partial charge < -0.3 is 28.6 Å². The van der Waals surface area contributed by atoms with E-state index in [0.29, 0.717) is 11.8 Å². The van der Waals surface area contributed by atoms with E-state index in [2.05, 4.69) is 31.7 Å². The maximum Gasteiger partial charge on any atom is 0.410 e. The fourth-order valence-electron chi connectivity index (χ4n) is 8.15. The number of allylic oxidation sites excluding steroid dienone is 1. The minimum atomic E-state index is -0.311. The topological polar surface area (TPSA) is 76.3 Å². The van der Waals surface area contributed by atoms with Gasteiger partial charge in [0.2, 0.25) is 0 Å². The molecule has 6 aliphatic rings. The summed E-state index contributed by atoms with van der Waals surface area (Å²) in [6.07, 6.45) is 6.75. The first-order valence-electron chi connectivity index (χ1n) is 14.5. The molecule has 0 aromatic carbocycles. The summed E-state index contributed by atoms with van der Waals surface area (Å²) in [5, 5.41) is 0. The number of ether oxygens (including phenoxy) is 5. The highest BCUT2D eigenvalue weighted by Gasteiger charge is 2.72. The lowest BCUT2D eigenvalue weighted by Crippen LogP contribution is -2.56. The van der Waals surface area contributed by atoms with Crippen LogP contribution in [0.5, 0.6) is 0 Å². The quantitative estimate of drug-likeness (QED) is 0.377. The van der Waals surface area contributed by atoms with Crippen molar-refractivity contribution in [2.24, 2.45) is 23.7 Å². The fraction of sp³-hybridized carbons (Fsp3) is 0.897. The third kappa shape index (κ3) is 5.09. The highest BCUT2D eigenvalue weighted by Crippen LogP contribution is 2.59. The van der Waals surface area contributed by atoms with Gasteiger partial charge in [0.05, 0.1) is 31.8 Å². The fourth-order valence-corrected chi connectivity index (χ4v) is 8.15. The van der Waals surface area contributed by atoms with Gasteiger partial charge >= 0.3 is 6.09 Å². The van der Waals surface area contributed by atoms with Gasteiger partial charge in [-0.1, -0.05) is 11.6 Å². The Labute approximate surface area is 221 Å². The SMILES string of the molecule is CO[C@H]1C([C@@]2(C)O[C@@H]2CC=C(C)C)[C@]2(CC[C@H]1OC(=O)N1C[C@H]3CC(CN4CCOCC4)C[C@H]3C1)CO2. The number of hydrogen-bond donors (Lipinski definition) is 0. The van der Waals surface area contributed by atoms with Gasteiger partial charge in [0, 0.05) is 39.8 Å². The molecule has 0 aromatic heterocycles. The Morgan fingerprint density at radius 3 is 2.46 bits per heavy atom. The number of methoxy groups -OCH3 is 1. The number of nitrogens with zero attached hydrogens (tertiary/aromatic N) is 2. The summed E-state index contributed by atoms with van der Waals surface area (Å²) in [5.41, 5.74) is 0.795. The molecule has 4 heterocycles. The molecule has 1 amide bonds. The van der Waals surface area contributed by atoms with Crippen molar-refractivity contribution in [2.45, 2.75) is 82.4 Å².